The fourth-order valence-electron chi connectivity index (χ4n) is 2.01. The fraction of sp³-hybridized carbons (Fsp3) is 0.250. The second-order valence-electron chi connectivity index (χ2n) is 5.39. The number of nitrogens with two attached hydrogens (primary N) is 1. The number of benzene rings is 1. The molecule has 2 rings (SSSR count). The van der Waals surface area contributed by atoms with Crippen molar-refractivity contribution < 1.29 is 22.7 Å². The fourth-order valence-corrected chi connectivity index (χ4v) is 3.59. The van der Waals surface area contributed by atoms with Crippen molar-refractivity contribution in [2.45, 2.75) is 30.2 Å². The van der Waals surface area contributed by atoms with E-state index in [9.17, 15) is 18.0 Å². The Kier molecular flexibility index (Phi) is 5.93. The number of hydrogen-bond acceptors (Lipinski definition) is 6. The zero-order valence-corrected chi connectivity index (χ0v) is 15.3. The molecule has 0 aliphatic carbocycles. The van der Waals surface area contributed by atoms with Crippen LogP contribution in [-0.4, -0.2) is 26.4 Å². The SMILES string of the molecule is CC(OC(=O)c1csc(S(N)(=O)=O)c1)C(=O)NC(C)c1ccccc1. The first-order chi connectivity index (χ1) is 11.7. The Hall–Kier alpha value is -2.23. The van der Waals surface area contributed by atoms with Gasteiger partial charge in [0.05, 0.1) is 11.6 Å². The number of carbonyl (C=O) groups excluding carboxylic acids is 2. The number of hydrogen-bond donors (Lipinski definition) is 2. The first-order valence-corrected chi connectivity index (χ1v) is 9.78. The first kappa shape index (κ1) is 19.1. The molecule has 134 valence electrons. The van der Waals surface area contributed by atoms with Crippen LogP contribution in [0.4, 0.5) is 0 Å². The topological polar surface area (TPSA) is 116 Å². The zero-order valence-electron chi connectivity index (χ0n) is 13.6. The maximum Gasteiger partial charge on any atom is 0.339 e. The largest absolute Gasteiger partial charge is 0.449 e. The van der Waals surface area contributed by atoms with Crippen molar-refractivity contribution in [3.8, 4) is 0 Å². The molecule has 0 fully saturated rings. The van der Waals surface area contributed by atoms with E-state index in [1.807, 2.05) is 37.3 Å². The molecule has 1 heterocycles. The molecule has 0 radical (unpaired) electrons. The van der Waals surface area contributed by atoms with Gasteiger partial charge in [0.25, 0.3) is 5.91 Å². The van der Waals surface area contributed by atoms with Crippen molar-refractivity contribution in [3.05, 3.63) is 52.9 Å². The lowest BCUT2D eigenvalue weighted by Crippen LogP contribution is -2.37. The number of carbonyl (C=O) groups is 2. The van der Waals surface area contributed by atoms with E-state index in [0.29, 0.717) is 0 Å². The van der Waals surface area contributed by atoms with Crippen LogP contribution >= 0.6 is 11.3 Å². The molecule has 3 N–H and O–H groups in total. The number of rotatable bonds is 6. The highest BCUT2D eigenvalue weighted by atomic mass is 32.2. The molecule has 0 aliphatic rings. The van der Waals surface area contributed by atoms with Gasteiger partial charge in [-0.3, -0.25) is 4.79 Å². The Morgan fingerprint density at radius 1 is 1.20 bits per heavy atom. The van der Waals surface area contributed by atoms with E-state index < -0.39 is 28.0 Å². The van der Waals surface area contributed by atoms with Gasteiger partial charge in [0.15, 0.2) is 6.10 Å². The van der Waals surface area contributed by atoms with Crippen molar-refractivity contribution in [1.29, 1.82) is 0 Å². The lowest BCUT2D eigenvalue weighted by atomic mass is 10.1. The molecule has 9 heteroatoms. The first-order valence-electron chi connectivity index (χ1n) is 7.36. The summed E-state index contributed by atoms with van der Waals surface area (Å²) in [7, 11) is -3.88. The van der Waals surface area contributed by atoms with Gasteiger partial charge in [0.2, 0.25) is 10.0 Å². The van der Waals surface area contributed by atoms with E-state index in [2.05, 4.69) is 5.32 Å². The summed E-state index contributed by atoms with van der Waals surface area (Å²) in [6.45, 7) is 3.26. The third-order valence-corrected chi connectivity index (χ3v) is 5.79. The summed E-state index contributed by atoms with van der Waals surface area (Å²) in [4.78, 5) is 24.2. The number of primary sulfonamides is 1. The van der Waals surface area contributed by atoms with Gasteiger partial charge in [-0.05, 0) is 25.5 Å². The van der Waals surface area contributed by atoms with Crippen LogP contribution in [0.15, 0.2) is 46.0 Å². The molecule has 0 spiro atoms. The molecule has 2 unspecified atom stereocenters. The predicted octanol–water partition coefficient (Wildman–Crippen LogP) is 1.82. The van der Waals surface area contributed by atoms with Crippen LogP contribution in [0.2, 0.25) is 0 Å². The molecule has 2 aromatic rings. The number of ether oxygens (including phenoxy) is 1. The number of amides is 1. The number of esters is 1. The van der Waals surface area contributed by atoms with E-state index >= 15 is 0 Å². The molecule has 25 heavy (non-hydrogen) atoms. The highest BCUT2D eigenvalue weighted by molar-refractivity contribution is 7.91. The Morgan fingerprint density at radius 3 is 2.40 bits per heavy atom. The molecular formula is C16H18N2O5S2. The second kappa shape index (κ2) is 7.77. The van der Waals surface area contributed by atoms with E-state index in [4.69, 9.17) is 9.88 Å². The van der Waals surface area contributed by atoms with Crippen LogP contribution in [-0.2, 0) is 19.6 Å². The van der Waals surface area contributed by atoms with E-state index in [-0.39, 0.29) is 15.8 Å². The van der Waals surface area contributed by atoms with E-state index in [1.165, 1.54) is 12.3 Å². The zero-order chi connectivity index (χ0) is 18.6. The van der Waals surface area contributed by atoms with Gasteiger partial charge >= 0.3 is 5.97 Å². The number of thiophene rings is 1. The summed E-state index contributed by atoms with van der Waals surface area (Å²) in [5.74, 6) is -1.24. The van der Waals surface area contributed by atoms with E-state index in [1.54, 1.807) is 0 Å². The lowest BCUT2D eigenvalue weighted by Gasteiger charge is -2.18. The summed E-state index contributed by atoms with van der Waals surface area (Å²) in [6, 6.07) is 10.2. The molecule has 0 saturated heterocycles. The molecule has 1 aromatic heterocycles. The summed E-state index contributed by atoms with van der Waals surface area (Å²) < 4.78 is 27.4. The van der Waals surface area contributed by atoms with Crippen LogP contribution < -0.4 is 10.5 Å². The van der Waals surface area contributed by atoms with Crippen LogP contribution in [0, 0.1) is 0 Å². The minimum Gasteiger partial charge on any atom is -0.449 e. The van der Waals surface area contributed by atoms with Crippen molar-refractivity contribution in [3.63, 3.8) is 0 Å². The predicted molar refractivity (Wildman–Crippen MR) is 93.6 cm³/mol. The maximum atomic E-state index is 12.2. The third kappa shape index (κ3) is 5.12. The van der Waals surface area contributed by atoms with Gasteiger partial charge in [-0.15, -0.1) is 11.3 Å². The Balaban J connectivity index is 1.96. The van der Waals surface area contributed by atoms with Crippen LogP contribution in [0.1, 0.15) is 35.8 Å². The lowest BCUT2D eigenvalue weighted by molar-refractivity contribution is -0.129. The van der Waals surface area contributed by atoms with Crippen molar-refractivity contribution in [1.82, 2.24) is 5.32 Å². The monoisotopic (exact) mass is 382 g/mol. The minimum atomic E-state index is -3.88. The average molecular weight is 382 g/mol. The molecule has 1 aromatic carbocycles. The number of nitrogens with one attached hydrogen (secondary N) is 1. The molecule has 7 nitrogen and oxygen atoms in total. The highest BCUT2D eigenvalue weighted by Gasteiger charge is 2.22. The maximum absolute atomic E-state index is 12.2. The second-order valence-corrected chi connectivity index (χ2v) is 8.09. The Morgan fingerprint density at radius 2 is 1.84 bits per heavy atom. The highest BCUT2D eigenvalue weighted by Crippen LogP contribution is 2.20. The summed E-state index contributed by atoms with van der Waals surface area (Å²) in [5.41, 5.74) is 0.954. The molecule has 1 amide bonds. The Labute approximate surface area is 149 Å². The summed E-state index contributed by atoms with van der Waals surface area (Å²) in [5, 5.41) is 9.07. The molecule has 0 aliphatic heterocycles. The van der Waals surface area contributed by atoms with Crippen molar-refractivity contribution in [2.24, 2.45) is 5.14 Å². The van der Waals surface area contributed by atoms with Gasteiger partial charge < -0.3 is 10.1 Å². The standard InChI is InChI=1S/C16H18N2O5S2/c1-10(12-6-4-3-5-7-12)18-15(19)11(2)23-16(20)13-8-14(24-9-13)25(17,21)22/h3-11H,1-2H3,(H,18,19)(H2,17,21,22). The van der Waals surface area contributed by atoms with Gasteiger partial charge in [0, 0.05) is 5.38 Å². The Bertz CT molecular complexity index is 862. The van der Waals surface area contributed by atoms with Gasteiger partial charge in [-0.25, -0.2) is 18.4 Å². The van der Waals surface area contributed by atoms with Crippen LogP contribution in [0.5, 0.6) is 0 Å². The van der Waals surface area contributed by atoms with Crippen molar-refractivity contribution >= 4 is 33.2 Å². The minimum absolute atomic E-state index is 0.0322. The summed E-state index contributed by atoms with van der Waals surface area (Å²) >= 11 is 0.814. The quantitative estimate of drug-likeness (QED) is 0.739. The number of sulfonamides is 1. The molecule has 0 bridgehead atoms. The smallest absolute Gasteiger partial charge is 0.339 e. The van der Waals surface area contributed by atoms with Crippen molar-refractivity contribution in [2.75, 3.05) is 0 Å². The van der Waals surface area contributed by atoms with Gasteiger partial charge in [0.1, 0.15) is 4.21 Å². The molecular weight excluding hydrogens is 364 g/mol. The molecule has 2 atom stereocenters. The van der Waals surface area contributed by atoms with Gasteiger partial charge in [-0.2, -0.15) is 0 Å². The average Bonchev–Trinajstić information content (AvgIpc) is 3.06. The van der Waals surface area contributed by atoms with E-state index in [0.717, 1.165) is 23.0 Å². The molecule has 0 saturated carbocycles. The van der Waals surface area contributed by atoms with Crippen LogP contribution in [0.3, 0.4) is 0 Å². The van der Waals surface area contributed by atoms with Gasteiger partial charge in [-0.1, -0.05) is 30.3 Å². The third-order valence-electron chi connectivity index (χ3n) is 3.40. The van der Waals surface area contributed by atoms with Crippen LogP contribution in [0.25, 0.3) is 0 Å². The summed E-state index contributed by atoms with van der Waals surface area (Å²) in [6.07, 6.45) is -1.03. The normalized spacial score (nSPS) is 13.7.